The SMILES string of the molecule is N#CC(=C(O)c1ccc(Cl)cc1Cl)c1nc2ccc(C#CCN)cc2c(=O)[nH]1. The highest BCUT2D eigenvalue weighted by Crippen LogP contribution is 2.29. The maximum Gasteiger partial charge on any atom is 0.259 e. The number of fused-ring (bicyclic) bond motifs is 1. The van der Waals surface area contributed by atoms with E-state index in [9.17, 15) is 15.2 Å². The number of aromatic amines is 1. The van der Waals surface area contributed by atoms with Crippen molar-refractivity contribution in [1.82, 2.24) is 9.97 Å². The molecular weight excluding hydrogens is 399 g/mol. The third-order valence-electron chi connectivity index (χ3n) is 3.81. The molecule has 1 aromatic heterocycles. The molecule has 6 nitrogen and oxygen atoms in total. The fraction of sp³-hybridized carbons (Fsp3) is 0.0500. The fourth-order valence-electron chi connectivity index (χ4n) is 2.52. The van der Waals surface area contributed by atoms with Gasteiger partial charge in [-0.3, -0.25) is 4.79 Å². The summed E-state index contributed by atoms with van der Waals surface area (Å²) >= 11 is 12.0. The number of benzene rings is 2. The molecule has 3 rings (SSSR count). The van der Waals surface area contributed by atoms with Crippen molar-refractivity contribution in [3.63, 3.8) is 0 Å². The van der Waals surface area contributed by atoms with Crippen LogP contribution in [-0.2, 0) is 0 Å². The highest BCUT2D eigenvalue weighted by atomic mass is 35.5. The number of aliphatic hydroxyl groups is 1. The Balaban J connectivity index is 2.18. The number of hydrogen-bond donors (Lipinski definition) is 3. The Labute approximate surface area is 169 Å². The summed E-state index contributed by atoms with van der Waals surface area (Å²) in [5.41, 5.74) is 5.81. The van der Waals surface area contributed by atoms with E-state index in [1.807, 2.05) is 6.07 Å². The van der Waals surface area contributed by atoms with Crippen molar-refractivity contribution in [2.75, 3.05) is 6.54 Å². The molecule has 0 saturated carbocycles. The molecule has 0 amide bonds. The van der Waals surface area contributed by atoms with E-state index in [-0.39, 0.29) is 28.5 Å². The van der Waals surface area contributed by atoms with Crippen molar-refractivity contribution in [2.45, 2.75) is 0 Å². The van der Waals surface area contributed by atoms with Crippen molar-refractivity contribution in [3.8, 4) is 17.9 Å². The summed E-state index contributed by atoms with van der Waals surface area (Å²) in [6, 6.07) is 11.2. The van der Waals surface area contributed by atoms with Crippen molar-refractivity contribution >= 4 is 45.4 Å². The van der Waals surface area contributed by atoms with Crippen LogP contribution in [0, 0.1) is 23.2 Å². The van der Waals surface area contributed by atoms with Crippen LogP contribution in [0.15, 0.2) is 41.2 Å². The quantitative estimate of drug-likeness (QED) is 0.339. The van der Waals surface area contributed by atoms with E-state index < -0.39 is 11.3 Å². The highest BCUT2D eigenvalue weighted by Gasteiger charge is 2.17. The van der Waals surface area contributed by atoms with Gasteiger partial charge in [0.1, 0.15) is 17.4 Å². The number of aromatic nitrogens is 2. The summed E-state index contributed by atoms with van der Waals surface area (Å²) in [5.74, 6) is 5.05. The predicted octanol–water partition coefficient (Wildman–Crippen LogP) is 3.49. The lowest BCUT2D eigenvalue weighted by molar-refractivity contribution is 0.514. The second-order valence-electron chi connectivity index (χ2n) is 5.61. The Morgan fingerprint density at radius 1 is 1.25 bits per heavy atom. The van der Waals surface area contributed by atoms with E-state index in [0.717, 1.165) is 0 Å². The highest BCUT2D eigenvalue weighted by molar-refractivity contribution is 6.35. The molecule has 0 aliphatic rings. The van der Waals surface area contributed by atoms with E-state index >= 15 is 0 Å². The van der Waals surface area contributed by atoms with Crippen LogP contribution >= 0.6 is 23.2 Å². The molecule has 0 spiro atoms. The van der Waals surface area contributed by atoms with Crippen LogP contribution in [0.25, 0.3) is 22.2 Å². The average Bonchev–Trinajstić information content (AvgIpc) is 2.67. The molecule has 0 radical (unpaired) electrons. The molecule has 0 aliphatic carbocycles. The molecular formula is C20H12Cl2N4O2. The monoisotopic (exact) mass is 410 g/mol. The Kier molecular flexibility index (Phi) is 5.67. The first-order chi connectivity index (χ1) is 13.4. The maximum atomic E-state index is 12.5. The summed E-state index contributed by atoms with van der Waals surface area (Å²) in [5, 5.41) is 20.9. The van der Waals surface area contributed by atoms with Crippen molar-refractivity contribution in [1.29, 1.82) is 5.26 Å². The molecule has 0 atom stereocenters. The molecule has 138 valence electrons. The number of aliphatic hydroxyl groups excluding tert-OH is 1. The van der Waals surface area contributed by atoms with Crippen molar-refractivity contribution in [2.24, 2.45) is 5.73 Å². The summed E-state index contributed by atoms with van der Waals surface area (Å²) in [6.45, 7) is 0.203. The smallest absolute Gasteiger partial charge is 0.259 e. The first-order valence-electron chi connectivity index (χ1n) is 7.96. The fourth-order valence-corrected chi connectivity index (χ4v) is 3.02. The van der Waals surface area contributed by atoms with Gasteiger partial charge < -0.3 is 15.8 Å². The summed E-state index contributed by atoms with van der Waals surface area (Å²) in [7, 11) is 0. The zero-order valence-corrected chi connectivity index (χ0v) is 15.8. The van der Waals surface area contributed by atoms with E-state index in [0.29, 0.717) is 21.5 Å². The number of nitrogens with one attached hydrogen (secondary N) is 1. The third-order valence-corrected chi connectivity index (χ3v) is 4.36. The number of nitrogens with two attached hydrogens (primary N) is 1. The Morgan fingerprint density at radius 2 is 2.04 bits per heavy atom. The van der Waals surface area contributed by atoms with Gasteiger partial charge in [0, 0.05) is 16.1 Å². The van der Waals surface area contributed by atoms with Crippen LogP contribution in [-0.4, -0.2) is 21.6 Å². The molecule has 4 N–H and O–H groups in total. The van der Waals surface area contributed by atoms with E-state index in [1.54, 1.807) is 18.2 Å². The average molecular weight is 411 g/mol. The lowest BCUT2D eigenvalue weighted by Crippen LogP contribution is -2.12. The molecule has 0 bridgehead atoms. The molecule has 0 fully saturated rings. The van der Waals surface area contributed by atoms with Crippen LogP contribution in [0.5, 0.6) is 0 Å². The van der Waals surface area contributed by atoms with Crippen LogP contribution < -0.4 is 11.3 Å². The summed E-state index contributed by atoms with van der Waals surface area (Å²) in [6.07, 6.45) is 0. The Hall–Kier alpha value is -3.29. The van der Waals surface area contributed by atoms with Gasteiger partial charge in [-0.25, -0.2) is 4.98 Å². The van der Waals surface area contributed by atoms with E-state index in [2.05, 4.69) is 21.8 Å². The van der Waals surface area contributed by atoms with Crippen LogP contribution in [0.2, 0.25) is 10.0 Å². The minimum atomic E-state index is -0.473. The largest absolute Gasteiger partial charge is 0.506 e. The van der Waals surface area contributed by atoms with Gasteiger partial charge in [-0.2, -0.15) is 5.26 Å². The molecule has 28 heavy (non-hydrogen) atoms. The lowest BCUT2D eigenvalue weighted by atomic mass is 10.1. The van der Waals surface area contributed by atoms with Gasteiger partial charge >= 0.3 is 0 Å². The normalized spacial score (nSPS) is 11.4. The summed E-state index contributed by atoms with van der Waals surface area (Å²) < 4.78 is 0. The van der Waals surface area contributed by atoms with Crippen LogP contribution in [0.1, 0.15) is 17.0 Å². The zero-order chi connectivity index (χ0) is 20.3. The Bertz CT molecular complexity index is 1280. The van der Waals surface area contributed by atoms with E-state index in [1.165, 1.54) is 18.2 Å². The van der Waals surface area contributed by atoms with Crippen LogP contribution in [0.4, 0.5) is 0 Å². The number of halogens is 2. The molecule has 8 heteroatoms. The molecule has 0 saturated heterocycles. The number of nitriles is 1. The maximum absolute atomic E-state index is 12.5. The number of nitrogens with zero attached hydrogens (tertiary/aromatic N) is 2. The molecule has 3 aromatic rings. The number of rotatable bonds is 2. The van der Waals surface area contributed by atoms with Gasteiger partial charge in [0.2, 0.25) is 0 Å². The second-order valence-corrected chi connectivity index (χ2v) is 6.46. The van der Waals surface area contributed by atoms with Crippen molar-refractivity contribution < 1.29 is 5.11 Å². The first kappa shape index (κ1) is 19.5. The number of hydrogen-bond acceptors (Lipinski definition) is 5. The van der Waals surface area contributed by atoms with Gasteiger partial charge in [-0.05, 0) is 36.4 Å². The Morgan fingerprint density at radius 3 is 2.71 bits per heavy atom. The van der Waals surface area contributed by atoms with E-state index in [4.69, 9.17) is 28.9 Å². The molecule has 0 unspecified atom stereocenters. The molecule has 0 aliphatic heterocycles. The van der Waals surface area contributed by atoms with Gasteiger partial charge in [0.25, 0.3) is 5.56 Å². The van der Waals surface area contributed by atoms with Gasteiger partial charge in [0.15, 0.2) is 5.82 Å². The number of H-pyrrole nitrogens is 1. The van der Waals surface area contributed by atoms with Gasteiger partial charge in [-0.1, -0.05) is 35.0 Å². The topological polar surface area (TPSA) is 116 Å². The minimum Gasteiger partial charge on any atom is -0.506 e. The van der Waals surface area contributed by atoms with Gasteiger partial charge in [0.05, 0.1) is 22.5 Å². The summed E-state index contributed by atoms with van der Waals surface area (Å²) in [4.78, 5) is 19.3. The first-order valence-corrected chi connectivity index (χ1v) is 8.72. The molecule has 1 heterocycles. The van der Waals surface area contributed by atoms with Gasteiger partial charge in [-0.15, -0.1) is 0 Å². The minimum absolute atomic E-state index is 0.0793. The third kappa shape index (κ3) is 3.85. The molecule has 2 aromatic carbocycles. The predicted molar refractivity (Wildman–Crippen MR) is 110 cm³/mol. The zero-order valence-electron chi connectivity index (χ0n) is 14.3. The standard InChI is InChI=1S/C20H12Cl2N4O2/c21-12-4-5-13(16(22)9-12)18(27)15(10-24)19-25-17-6-3-11(2-1-7-23)8-14(17)20(28)26-19/h3-6,8-9,27H,7,23H2,(H,25,26,28). The van der Waals surface area contributed by atoms with Crippen molar-refractivity contribution in [3.05, 3.63) is 73.7 Å². The number of allylic oxidation sites excluding steroid dienone is 1. The second kappa shape index (κ2) is 8.16. The van der Waals surface area contributed by atoms with Crippen LogP contribution in [0.3, 0.4) is 0 Å². The lowest BCUT2D eigenvalue weighted by Gasteiger charge is -2.07.